The van der Waals surface area contributed by atoms with Crippen LogP contribution in [0.25, 0.3) is 10.2 Å². The number of aliphatic imine (C=N–C) groups is 1. The number of carboxylic acids is 1. The van der Waals surface area contributed by atoms with Crippen molar-refractivity contribution in [2.45, 2.75) is 25.3 Å². The Morgan fingerprint density at radius 3 is 2.12 bits per heavy atom. The number of hydrogen-bond acceptors (Lipinski definition) is 7. The van der Waals surface area contributed by atoms with Gasteiger partial charge in [-0.05, 0) is 54.1 Å². The molecule has 6 N–H and O–H groups in total. The highest BCUT2D eigenvalue weighted by atomic mass is 32.1. The van der Waals surface area contributed by atoms with Crippen LogP contribution in [0.3, 0.4) is 0 Å². The van der Waals surface area contributed by atoms with Gasteiger partial charge in [0.25, 0.3) is 0 Å². The van der Waals surface area contributed by atoms with Crippen LogP contribution in [0.2, 0.25) is 0 Å². The molecule has 43 heavy (non-hydrogen) atoms. The van der Waals surface area contributed by atoms with E-state index in [4.69, 9.17) is 30.8 Å². The molecule has 0 spiro atoms. The highest BCUT2D eigenvalue weighted by Crippen LogP contribution is 2.34. The number of benzene rings is 3. The van der Waals surface area contributed by atoms with E-state index < -0.39 is 23.9 Å². The second-order valence-electron chi connectivity index (χ2n) is 8.58. The fraction of sp³-hybridized carbons (Fsp3) is 0.222. The smallest absolute Gasteiger partial charge is 0.490 e. The first-order valence-electron chi connectivity index (χ1n) is 12.3. The van der Waals surface area contributed by atoms with E-state index in [1.54, 1.807) is 6.07 Å². The van der Waals surface area contributed by atoms with Gasteiger partial charge in [-0.2, -0.15) is 26.3 Å². The maximum Gasteiger partial charge on any atom is 0.490 e. The molecule has 16 heteroatoms. The summed E-state index contributed by atoms with van der Waals surface area (Å²) in [6.45, 7) is 1.62. The minimum absolute atomic E-state index is 0.0758. The molecule has 0 atom stereocenters. The average Bonchev–Trinajstić information content (AvgIpc) is 3.34. The van der Waals surface area contributed by atoms with Crippen LogP contribution in [0.1, 0.15) is 17.5 Å². The molecule has 0 saturated carbocycles. The van der Waals surface area contributed by atoms with Gasteiger partial charge in [-0.15, -0.1) is 0 Å². The van der Waals surface area contributed by atoms with Gasteiger partial charge in [0.15, 0.2) is 11.1 Å². The zero-order valence-electron chi connectivity index (χ0n) is 22.1. The molecule has 230 valence electrons. The summed E-state index contributed by atoms with van der Waals surface area (Å²) in [6.07, 6.45) is -8.74. The number of nitrogens with zero attached hydrogens (tertiary/aromatic N) is 2. The monoisotopic (exact) mass is 629 g/mol. The first-order valence-corrected chi connectivity index (χ1v) is 13.1. The number of nitrogens with two attached hydrogens (primary N) is 2. The molecule has 1 heterocycles. The van der Waals surface area contributed by atoms with E-state index in [2.05, 4.69) is 15.3 Å². The van der Waals surface area contributed by atoms with Crippen molar-refractivity contribution in [2.24, 2.45) is 16.5 Å². The van der Waals surface area contributed by atoms with Crippen molar-refractivity contribution in [3.63, 3.8) is 0 Å². The quantitative estimate of drug-likeness (QED) is 0.0683. The minimum atomic E-state index is -5.08. The molecular weight excluding hydrogens is 604 g/mol. The van der Waals surface area contributed by atoms with Crippen LogP contribution in [0.4, 0.5) is 31.5 Å². The third-order valence-corrected chi connectivity index (χ3v) is 6.23. The predicted molar refractivity (Wildman–Crippen MR) is 149 cm³/mol. The Kier molecular flexibility index (Phi) is 11.0. The Bertz CT molecular complexity index is 1520. The molecule has 0 unspecified atom stereocenters. The number of guanidine groups is 1. The van der Waals surface area contributed by atoms with Gasteiger partial charge in [0.2, 0.25) is 0 Å². The van der Waals surface area contributed by atoms with Gasteiger partial charge in [-0.3, -0.25) is 4.99 Å². The Balaban J connectivity index is 0.000000646. The van der Waals surface area contributed by atoms with Crippen molar-refractivity contribution in [1.82, 2.24) is 4.98 Å². The molecule has 3 aromatic carbocycles. The number of ether oxygens (including phenoxy) is 2. The van der Waals surface area contributed by atoms with E-state index >= 15 is 0 Å². The SMILES string of the molecule is NC(N)=NCCCOc1ccc(CNc2nc3ccc(Oc4ccc(C(F)(F)F)cc4)cc3s2)cc1.O=C(O)C(F)(F)F. The lowest BCUT2D eigenvalue weighted by molar-refractivity contribution is -0.192. The number of fused-ring (bicyclic) bond motifs is 1. The lowest BCUT2D eigenvalue weighted by Crippen LogP contribution is -2.23. The fourth-order valence-electron chi connectivity index (χ4n) is 3.24. The number of aromatic nitrogens is 1. The highest BCUT2D eigenvalue weighted by molar-refractivity contribution is 7.22. The summed E-state index contributed by atoms with van der Waals surface area (Å²) in [7, 11) is 0. The summed E-state index contributed by atoms with van der Waals surface area (Å²) >= 11 is 1.46. The maximum absolute atomic E-state index is 12.7. The molecule has 4 rings (SSSR count). The molecule has 0 fully saturated rings. The molecule has 0 aliphatic rings. The van der Waals surface area contributed by atoms with Crippen molar-refractivity contribution < 1.29 is 45.7 Å². The number of rotatable bonds is 10. The molecule has 9 nitrogen and oxygen atoms in total. The number of carboxylic acid groups (broad SMARTS) is 1. The van der Waals surface area contributed by atoms with Gasteiger partial charge in [0.05, 0.1) is 22.4 Å². The molecule has 1 aromatic heterocycles. The second kappa shape index (κ2) is 14.4. The van der Waals surface area contributed by atoms with Gasteiger partial charge >= 0.3 is 18.3 Å². The number of anilines is 1. The molecular formula is C27H25F6N5O4S. The van der Waals surface area contributed by atoms with E-state index in [1.807, 2.05) is 36.4 Å². The van der Waals surface area contributed by atoms with Gasteiger partial charge in [0.1, 0.15) is 17.2 Å². The predicted octanol–water partition coefficient (Wildman–Crippen LogP) is 6.40. The summed E-state index contributed by atoms with van der Waals surface area (Å²) in [5, 5.41) is 11.2. The van der Waals surface area contributed by atoms with Crippen LogP contribution in [0, 0.1) is 0 Å². The molecule has 0 amide bonds. The number of aliphatic carboxylic acids is 1. The summed E-state index contributed by atoms with van der Waals surface area (Å²) in [5.74, 6) is -1.07. The average molecular weight is 630 g/mol. The topological polar surface area (TPSA) is 145 Å². The molecule has 0 bridgehead atoms. The van der Waals surface area contributed by atoms with E-state index in [1.165, 1.54) is 23.5 Å². The van der Waals surface area contributed by atoms with Gasteiger partial charge < -0.3 is 31.4 Å². The Morgan fingerprint density at radius 2 is 1.53 bits per heavy atom. The first-order chi connectivity index (χ1) is 20.2. The van der Waals surface area contributed by atoms with Gasteiger partial charge in [-0.25, -0.2) is 9.78 Å². The standard InChI is InChI=1S/C25H24F3N5O2S.C2HF3O2/c26-25(27,28)17-4-8-19(9-5-17)35-20-10-11-21-22(14-20)36-24(33-21)32-15-16-2-6-18(7-3-16)34-13-1-12-31-23(29)30;3-2(4,5)1(6)7/h2-11,14H,1,12-13,15H2,(H,32,33)(H4,29,30,31);(H,6,7). The van der Waals surface area contributed by atoms with Crippen LogP contribution in [0.15, 0.2) is 71.7 Å². The van der Waals surface area contributed by atoms with E-state index in [0.29, 0.717) is 31.2 Å². The van der Waals surface area contributed by atoms with E-state index in [-0.39, 0.29) is 5.96 Å². The largest absolute Gasteiger partial charge is 0.494 e. The number of halogens is 6. The van der Waals surface area contributed by atoms with Crippen LogP contribution < -0.4 is 26.3 Å². The van der Waals surface area contributed by atoms with Crippen LogP contribution in [-0.2, 0) is 17.5 Å². The summed E-state index contributed by atoms with van der Waals surface area (Å²) in [6, 6.07) is 17.7. The van der Waals surface area contributed by atoms with Gasteiger partial charge in [-0.1, -0.05) is 23.5 Å². The van der Waals surface area contributed by atoms with E-state index in [0.717, 1.165) is 45.2 Å². The number of nitrogens with one attached hydrogen (secondary N) is 1. The fourth-order valence-corrected chi connectivity index (χ4v) is 4.13. The van der Waals surface area contributed by atoms with Crippen LogP contribution in [0.5, 0.6) is 17.2 Å². The number of alkyl halides is 6. The molecule has 0 aliphatic heterocycles. The summed E-state index contributed by atoms with van der Waals surface area (Å²) in [4.78, 5) is 17.4. The molecule has 0 saturated heterocycles. The number of thiazole rings is 1. The van der Waals surface area contributed by atoms with Crippen molar-refractivity contribution in [3.05, 3.63) is 77.9 Å². The maximum atomic E-state index is 12.7. The zero-order valence-corrected chi connectivity index (χ0v) is 22.9. The summed E-state index contributed by atoms with van der Waals surface area (Å²) < 4.78 is 82.2. The Morgan fingerprint density at radius 1 is 0.930 bits per heavy atom. The summed E-state index contributed by atoms with van der Waals surface area (Å²) in [5.41, 5.74) is 11.7. The third kappa shape index (κ3) is 10.9. The third-order valence-electron chi connectivity index (χ3n) is 5.25. The normalized spacial score (nSPS) is 11.3. The number of hydrogen-bond donors (Lipinski definition) is 4. The zero-order chi connectivity index (χ0) is 31.6. The minimum Gasteiger partial charge on any atom is -0.494 e. The Labute approximate surface area is 244 Å². The lowest BCUT2D eigenvalue weighted by Gasteiger charge is -2.08. The van der Waals surface area contributed by atoms with Crippen molar-refractivity contribution >= 4 is 38.6 Å². The first kappa shape index (κ1) is 32.8. The lowest BCUT2D eigenvalue weighted by atomic mass is 10.2. The van der Waals surface area contributed by atoms with E-state index in [9.17, 15) is 26.3 Å². The molecule has 4 aromatic rings. The number of carbonyl (C=O) groups is 1. The molecule has 0 aliphatic carbocycles. The van der Waals surface area contributed by atoms with Crippen molar-refractivity contribution in [1.29, 1.82) is 0 Å². The second-order valence-corrected chi connectivity index (χ2v) is 9.61. The Hall–Kier alpha value is -4.73. The van der Waals surface area contributed by atoms with Crippen LogP contribution in [-0.4, -0.2) is 41.3 Å². The van der Waals surface area contributed by atoms with Crippen LogP contribution >= 0.6 is 11.3 Å². The highest BCUT2D eigenvalue weighted by Gasteiger charge is 2.38. The van der Waals surface area contributed by atoms with Crippen molar-refractivity contribution in [3.8, 4) is 17.2 Å². The van der Waals surface area contributed by atoms with Gasteiger partial charge in [0, 0.05) is 25.6 Å². The van der Waals surface area contributed by atoms with Crippen molar-refractivity contribution in [2.75, 3.05) is 18.5 Å². The molecule has 0 radical (unpaired) electrons.